The van der Waals surface area contributed by atoms with Gasteiger partial charge in [-0.25, -0.2) is 0 Å². The second-order valence-corrected chi connectivity index (χ2v) is 7.05. The topological polar surface area (TPSA) is 176 Å². The molecule has 158 valence electrons. The van der Waals surface area contributed by atoms with Crippen molar-refractivity contribution < 1.29 is 34.2 Å². The van der Waals surface area contributed by atoms with Gasteiger partial charge in [0.05, 0.1) is 5.75 Å². The lowest BCUT2D eigenvalue weighted by Gasteiger charge is -2.18. The smallest absolute Gasteiger partial charge is 0.322 e. The predicted octanol–water partition coefficient (Wildman–Crippen LogP) is -0.520. The molecule has 0 heterocycles. The van der Waals surface area contributed by atoms with E-state index in [1.807, 2.05) is 0 Å². The number of nitrogens with two attached hydrogens (primary N) is 1. The summed E-state index contributed by atoms with van der Waals surface area (Å²) in [5.74, 6) is -3.88. The lowest BCUT2D eigenvalue weighted by Crippen LogP contribution is -2.49. The van der Waals surface area contributed by atoms with Crippen molar-refractivity contribution in [3.8, 4) is 0 Å². The van der Waals surface area contributed by atoms with Gasteiger partial charge in [0.2, 0.25) is 11.8 Å². The third-order valence-electron chi connectivity index (χ3n) is 3.68. The molecule has 0 aliphatic carbocycles. The van der Waals surface area contributed by atoms with E-state index in [4.69, 9.17) is 15.9 Å². The Morgan fingerprint density at radius 2 is 1.72 bits per heavy atom. The normalized spacial score (nSPS) is 12.4. The second kappa shape index (κ2) is 12.5. The number of Topliss-reactive ketones (excluding diaryl/α,β-unsaturated/α-hetero) is 1. The standard InChI is InChI=1S/C18H23N3O7S/c19-12(18(27)28)6-7-15(23)21-13(17(26)20-8-16(24)25)9-29-10-14(22)11-4-2-1-3-5-11/h1-5,12-13H,6-10,19H2,(H,20,26)(H,21,23)(H,24,25)(H,27,28)/t12-,13-/m1/s1. The Bertz CT molecular complexity index is 742. The number of aliphatic carboxylic acids is 2. The van der Waals surface area contributed by atoms with Gasteiger partial charge in [0.1, 0.15) is 18.6 Å². The first kappa shape index (κ1) is 24.1. The minimum absolute atomic E-state index is 0.0285. The second-order valence-electron chi connectivity index (χ2n) is 6.02. The summed E-state index contributed by atoms with van der Waals surface area (Å²) in [6.07, 6.45) is -0.339. The van der Waals surface area contributed by atoms with Crippen LogP contribution in [0.5, 0.6) is 0 Å². The average molecular weight is 425 g/mol. The minimum atomic E-state index is -1.25. The van der Waals surface area contributed by atoms with Gasteiger partial charge in [-0.1, -0.05) is 30.3 Å². The van der Waals surface area contributed by atoms with Crippen molar-refractivity contribution in [2.75, 3.05) is 18.1 Å². The van der Waals surface area contributed by atoms with Crippen LogP contribution in [-0.4, -0.2) is 69.9 Å². The fraction of sp³-hybridized carbons (Fsp3) is 0.389. The minimum Gasteiger partial charge on any atom is -0.480 e. The maximum Gasteiger partial charge on any atom is 0.322 e. The monoisotopic (exact) mass is 425 g/mol. The van der Waals surface area contributed by atoms with E-state index in [1.54, 1.807) is 30.3 Å². The van der Waals surface area contributed by atoms with Crippen molar-refractivity contribution in [1.82, 2.24) is 10.6 Å². The molecular weight excluding hydrogens is 402 g/mol. The van der Waals surface area contributed by atoms with Gasteiger partial charge >= 0.3 is 11.9 Å². The highest BCUT2D eigenvalue weighted by molar-refractivity contribution is 8.00. The van der Waals surface area contributed by atoms with Crippen molar-refractivity contribution in [2.24, 2.45) is 5.73 Å². The van der Waals surface area contributed by atoms with Crippen LogP contribution in [0, 0.1) is 0 Å². The van der Waals surface area contributed by atoms with Crippen LogP contribution >= 0.6 is 11.8 Å². The zero-order valence-corrected chi connectivity index (χ0v) is 16.3. The van der Waals surface area contributed by atoms with E-state index in [9.17, 15) is 24.0 Å². The Morgan fingerprint density at radius 1 is 1.07 bits per heavy atom. The predicted molar refractivity (Wildman–Crippen MR) is 106 cm³/mol. The number of benzene rings is 1. The molecule has 11 heteroatoms. The Labute approximate surface area is 171 Å². The molecule has 2 amide bonds. The van der Waals surface area contributed by atoms with E-state index in [2.05, 4.69) is 10.6 Å². The molecule has 0 aliphatic heterocycles. The zero-order valence-electron chi connectivity index (χ0n) is 15.5. The van der Waals surface area contributed by atoms with Gasteiger partial charge in [0.15, 0.2) is 5.78 Å². The van der Waals surface area contributed by atoms with Crippen molar-refractivity contribution >= 4 is 41.3 Å². The molecule has 0 aromatic heterocycles. The average Bonchev–Trinajstić information content (AvgIpc) is 2.69. The molecule has 0 unspecified atom stereocenters. The molecule has 6 N–H and O–H groups in total. The number of hydrogen-bond donors (Lipinski definition) is 5. The van der Waals surface area contributed by atoms with Gasteiger partial charge in [-0.2, -0.15) is 11.8 Å². The molecule has 10 nitrogen and oxygen atoms in total. The maximum atomic E-state index is 12.2. The molecule has 0 fully saturated rings. The first-order valence-electron chi connectivity index (χ1n) is 8.64. The molecule has 0 radical (unpaired) electrons. The molecule has 0 saturated heterocycles. The number of carbonyl (C=O) groups excluding carboxylic acids is 3. The number of carbonyl (C=O) groups is 5. The third-order valence-corrected chi connectivity index (χ3v) is 4.71. The van der Waals surface area contributed by atoms with E-state index < -0.39 is 42.4 Å². The van der Waals surface area contributed by atoms with Crippen molar-refractivity contribution in [2.45, 2.75) is 24.9 Å². The summed E-state index contributed by atoms with van der Waals surface area (Å²) >= 11 is 1.11. The van der Waals surface area contributed by atoms with Gasteiger partial charge < -0.3 is 26.6 Å². The quantitative estimate of drug-likeness (QED) is 0.260. The summed E-state index contributed by atoms with van der Waals surface area (Å²) in [7, 11) is 0. The third kappa shape index (κ3) is 9.72. The van der Waals surface area contributed by atoms with E-state index in [0.717, 1.165) is 11.8 Å². The summed E-state index contributed by atoms with van der Waals surface area (Å²) in [6.45, 7) is -0.622. The molecule has 29 heavy (non-hydrogen) atoms. The highest BCUT2D eigenvalue weighted by Gasteiger charge is 2.23. The van der Waals surface area contributed by atoms with E-state index in [-0.39, 0.29) is 30.1 Å². The van der Waals surface area contributed by atoms with Crippen molar-refractivity contribution in [1.29, 1.82) is 0 Å². The molecule has 0 bridgehead atoms. The Hall–Kier alpha value is -2.92. The van der Waals surface area contributed by atoms with Crippen LogP contribution in [0.4, 0.5) is 0 Å². The van der Waals surface area contributed by atoms with Crippen LogP contribution in [0.2, 0.25) is 0 Å². The summed E-state index contributed by atoms with van der Waals surface area (Å²) in [5.41, 5.74) is 5.85. The number of hydrogen-bond acceptors (Lipinski definition) is 7. The van der Waals surface area contributed by atoms with E-state index in [0.29, 0.717) is 5.56 Å². The first-order chi connectivity index (χ1) is 13.7. The fourth-order valence-electron chi connectivity index (χ4n) is 2.12. The lowest BCUT2D eigenvalue weighted by atomic mass is 10.1. The summed E-state index contributed by atoms with van der Waals surface area (Å²) < 4.78 is 0. The number of carboxylic acids is 2. The highest BCUT2D eigenvalue weighted by atomic mass is 32.2. The van der Waals surface area contributed by atoms with E-state index in [1.165, 1.54) is 0 Å². The van der Waals surface area contributed by atoms with Crippen LogP contribution in [0.3, 0.4) is 0 Å². The summed E-state index contributed by atoms with van der Waals surface area (Å²) in [6, 6.07) is 6.25. The number of carboxylic acid groups (broad SMARTS) is 2. The molecule has 0 spiro atoms. The van der Waals surface area contributed by atoms with Gasteiger partial charge in [-0.05, 0) is 6.42 Å². The van der Waals surface area contributed by atoms with E-state index >= 15 is 0 Å². The first-order valence-corrected chi connectivity index (χ1v) is 9.79. The summed E-state index contributed by atoms with van der Waals surface area (Å²) in [5, 5.41) is 22.0. The van der Waals surface area contributed by atoms with Crippen LogP contribution in [0.1, 0.15) is 23.2 Å². The van der Waals surface area contributed by atoms with Crippen molar-refractivity contribution in [3.63, 3.8) is 0 Å². The molecule has 0 aliphatic rings. The van der Waals surface area contributed by atoms with Gasteiger partial charge in [0, 0.05) is 17.7 Å². The molecule has 1 aromatic carbocycles. The molecule has 0 saturated carbocycles. The van der Waals surface area contributed by atoms with Crippen LogP contribution in [-0.2, 0) is 19.2 Å². The number of amides is 2. The molecule has 1 aromatic rings. The largest absolute Gasteiger partial charge is 0.480 e. The molecule has 2 atom stereocenters. The van der Waals surface area contributed by atoms with Gasteiger partial charge in [-0.3, -0.25) is 24.0 Å². The van der Waals surface area contributed by atoms with Crippen LogP contribution in [0.15, 0.2) is 30.3 Å². The Morgan fingerprint density at radius 3 is 2.31 bits per heavy atom. The van der Waals surface area contributed by atoms with Crippen molar-refractivity contribution in [3.05, 3.63) is 35.9 Å². The number of rotatable bonds is 13. The van der Waals surface area contributed by atoms with Crippen LogP contribution < -0.4 is 16.4 Å². The number of ketones is 1. The zero-order chi connectivity index (χ0) is 21.8. The lowest BCUT2D eigenvalue weighted by molar-refractivity contribution is -0.139. The van der Waals surface area contributed by atoms with Crippen LogP contribution in [0.25, 0.3) is 0 Å². The summed E-state index contributed by atoms with van der Waals surface area (Å²) in [4.78, 5) is 57.6. The van der Waals surface area contributed by atoms with Gasteiger partial charge in [0.25, 0.3) is 0 Å². The number of thioether (sulfide) groups is 1. The highest BCUT2D eigenvalue weighted by Crippen LogP contribution is 2.09. The molecular formula is C18H23N3O7S. The Balaban J connectivity index is 2.61. The number of nitrogens with one attached hydrogen (secondary N) is 2. The molecule has 1 rings (SSSR count). The maximum absolute atomic E-state index is 12.2. The SMILES string of the molecule is N[C@H](CCC(=O)N[C@H](CSCC(=O)c1ccccc1)C(=O)NCC(=O)O)C(=O)O. The van der Waals surface area contributed by atoms with Gasteiger partial charge in [-0.15, -0.1) is 0 Å². The fourth-order valence-corrected chi connectivity index (χ4v) is 3.06. The Kier molecular flexibility index (Phi) is 10.4.